The van der Waals surface area contributed by atoms with Gasteiger partial charge in [-0.05, 0) is 48.9 Å². The van der Waals surface area contributed by atoms with Gasteiger partial charge < -0.3 is 13.7 Å². The van der Waals surface area contributed by atoms with Crippen molar-refractivity contribution in [1.29, 1.82) is 0 Å². The van der Waals surface area contributed by atoms with E-state index < -0.39 is 0 Å². The molecular weight excluding hydrogens is 538 g/mol. The van der Waals surface area contributed by atoms with Crippen molar-refractivity contribution in [3.63, 3.8) is 0 Å². The molecule has 0 bridgehead atoms. The van der Waals surface area contributed by atoms with Crippen LogP contribution in [-0.4, -0.2) is 11.2 Å². The van der Waals surface area contributed by atoms with Crippen LogP contribution in [0, 0.1) is 0 Å². The van der Waals surface area contributed by atoms with Gasteiger partial charge in [0.25, 0.3) is 0 Å². The van der Waals surface area contributed by atoms with Crippen molar-refractivity contribution in [1.82, 2.24) is 4.57 Å². The summed E-state index contributed by atoms with van der Waals surface area (Å²) < 4.78 is 14.1. The highest BCUT2D eigenvalue weighted by Gasteiger charge is 2.16. The minimum absolute atomic E-state index is 0.329. The molecule has 0 radical (unpaired) electrons. The summed E-state index contributed by atoms with van der Waals surface area (Å²) >= 11 is 1.60. The quantitative estimate of drug-likeness (QED) is 0.0955. The number of ether oxygens (including phenoxy) is 1. The fraction of sp³-hybridized carbons (Fsp3) is 0.324. The van der Waals surface area contributed by atoms with E-state index in [9.17, 15) is 4.79 Å². The Morgan fingerprint density at radius 1 is 0.714 bits per heavy atom. The fourth-order valence-corrected chi connectivity index (χ4v) is 6.92. The topological polar surface area (TPSA) is 44.4 Å². The molecule has 0 amide bonds. The van der Waals surface area contributed by atoms with E-state index in [2.05, 4.69) is 66.1 Å². The maximum absolute atomic E-state index is 13.1. The van der Waals surface area contributed by atoms with Crippen LogP contribution in [0.5, 0.6) is 5.75 Å². The van der Waals surface area contributed by atoms with E-state index in [0.29, 0.717) is 17.8 Å². The van der Waals surface area contributed by atoms with Gasteiger partial charge in [-0.3, -0.25) is 0 Å². The second-order valence-corrected chi connectivity index (χ2v) is 12.2. The molecule has 3 aromatic heterocycles. The third-order valence-electron chi connectivity index (χ3n) is 8.13. The number of nitrogens with zero attached hydrogens (tertiary/aromatic N) is 1. The Labute approximate surface area is 251 Å². The normalized spacial score (nSPS) is 11.6. The average molecular weight is 578 g/mol. The number of benzene rings is 3. The van der Waals surface area contributed by atoms with Crippen molar-refractivity contribution in [2.24, 2.45) is 0 Å². The molecule has 4 nitrogen and oxygen atoms in total. The lowest BCUT2D eigenvalue weighted by Crippen LogP contribution is -2.02. The SMILES string of the molecule is CCCCCCCCCCCCOc1ccc2cc(-c3ccc(-n4c5ccccc5c5ccccc54)s3)c(=O)oc2c1. The number of unbranched alkanes of at least 4 members (excludes halogenated alkanes) is 9. The van der Waals surface area contributed by atoms with Gasteiger partial charge in [-0.1, -0.05) is 101 Å². The molecule has 0 aliphatic heterocycles. The standard InChI is InChI=1S/C37H39NO3S/c1-2-3-4-5-6-7-8-9-10-15-24-40-28-21-20-27-25-31(37(39)41-34(27)26-28)35-22-23-36(42-35)38-32-18-13-11-16-29(32)30-17-12-14-19-33(30)38/h11-14,16-23,25-26H,2-10,15,24H2,1H3. The number of para-hydroxylation sites is 2. The summed E-state index contributed by atoms with van der Waals surface area (Å²) in [6.07, 6.45) is 13.0. The second kappa shape index (κ2) is 13.4. The lowest BCUT2D eigenvalue weighted by Gasteiger charge is -2.08. The van der Waals surface area contributed by atoms with Crippen LogP contribution in [0.4, 0.5) is 0 Å². The zero-order chi connectivity index (χ0) is 28.7. The summed E-state index contributed by atoms with van der Waals surface area (Å²) in [5.74, 6) is 0.749. The molecule has 42 heavy (non-hydrogen) atoms. The third-order valence-corrected chi connectivity index (χ3v) is 9.24. The molecule has 5 heteroatoms. The molecule has 0 aliphatic rings. The van der Waals surface area contributed by atoms with Crippen LogP contribution in [0.1, 0.15) is 71.1 Å². The van der Waals surface area contributed by atoms with Crippen molar-refractivity contribution in [2.75, 3.05) is 6.61 Å². The lowest BCUT2D eigenvalue weighted by atomic mass is 10.1. The van der Waals surface area contributed by atoms with Crippen LogP contribution in [0.3, 0.4) is 0 Å². The highest BCUT2D eigenvalue weighted by Crippen LogP contribution is 2.37. The molecule has 0 unspecified atom stereocenters. The molecule has 6 rings (SSSR count). The van der Waals surface area contributed by atoms with E-state index in [-0.39, 0.29) is 5.63 Å². The molecule has 0 fully saturated rings. The van der Waals surface area contributed by atoms with Crippen LogP contribution in [0.2, 0.25) is 0 Å². The van der Waals surface area contributed by atoms with Gasteiger partial charge in [-0.2, -0.15) is 0 Å². The summed E-state index contributed by atoms with van der Waals surface area (Å²) in [5.41, 5.74) is 3.12. The van der Waals surface area contributed by atoms with Crippen molar-refractivity contribution < 1.29 is 9.15 Å². The van der Waals surface area contributed by atoms with E-state index in [1.165, 1.54) is 68.6 Å². The van der Waals surface area contributed by atoms with Gasteiger partial charge in [0.2, 0.25) is 0 Å². The van der Waals surface area contributed by atoms with Gasteiger partial charge in [0, 0.05) is 27.1 Å². The zero-order valence-corrected chi connectivity index (χ0v) is 25.3. The Bertz CT molecular complexity index is 1790. The summed E-state index contributed by atoms with van der Waals surface area (Å²) in [4.78, 5) is 14.0. The molecule has 3 heterocycles. The minimum Gasteiger partial charge on any atom is -0.493 e. The average Bonchev–Trinajstić information content (AvgIpc) is 3.62. The van der Waals surface area contributed by atoms with Crippen LogP contribution in [-0.2, 0) is 0 Å². The summed E-state index contributed by atoms with van der Waals surface area (Å²) in [6, 6.07) is 28.8. The first-order valence-electron chi connectivity index (χ1n) is 15.5. The lowest BCUT2D eigenvalue weighted by molar-refractivity contribution is 0.304. The molecule has 0 saturated carbocycles. The number of fused-ring (bicyclic) bond motifs is 4. The van der Waals surface area contributed by atoms with E-state index in [1.807, 2.05) is 30.3 Å². The Kier molecular flexibility index (Phi) is 9.05. The number of hydrogen-bond acceptors (Lipinski definition) is 4. The first-order chi connectivity index (χ1) is 20.7. The maximum atomic E-state index is 13.1. The first-order valence-corrected chi connectivity index (χ1v) is 16.3. The number of rotatable bonds is 14. The zero-order valence-electron chi connectivity index (χ0n) is 24.4. The highest BCUT2D eigenvalue weighted by molar-refractivity contribution is 7.18. The molecule has 216 valence electrons. The Morgan fingerprint density at radius 2 is 1.36 bits per heavy atom. The molecule has 0 saturated heterocycles. The fourth-order valence-electron chi connectivity index (χ4n) is 5.89. The first kappa shape index (κ1) is 28.3. The van der Waals surface area contributed by atoms with Gasteiger partial charge in [0.15, 0.2) is 0 Å². The van der Waals surface area contributed by atoms with Gasteiger partial charge in [0.05, 0.1) is 23.2 Å². The largest absolute Gasteiger partial charge is 0.493 e. The summed E-state index contributed by atoms with van der Waals surface area (Å²) in [6.45, 7) is 2.95. The number of thiophene rings is 1. The van der Waals surface area contributed by atoms with Crippen LogP contribution < -0.4 is 10.4 Å². The molecule has 6 aromatic rings. The van der Waals surface area contributed by atoms with E-state index in [0.717, 1.165) is 38.5 Å². The molecular formula is C37H39NO3S. The van der Waals surface area contributed by atoms with Crippen molar-refractivity contribution in [3.05, 3.63) is 95.3 Å². The number of hydrogen-bond donors (Lipinski definition) is 0. The Balaban J connectivity index is 1.11. The van der Waals surface area contributed by atoms with Gasteiger partial charge in [0.1, 0.15) is 16.3 Å². The van der Waals surface area contributed by atoms with Gasteiger partial charge >= 0.3 is 5.63 Å². The molecule has 0 N–H and O–H groups in total. The Hall–Kier alpha value is -3.83. The summed E-state index contributed by atoms with van der Waals surface area (Å²) in [5, 5.41) is 4.40. The number of aromatic nitrogens is 1. The third kappa shape index (κ3) is 6.17. The van der Waals surface area contributed by atoms with E-state index in [4.69, 9.17) is 9.15 Å². The maximum Gasteiger partial charge on any atom is 0.345 e. The smallest absolute Gasteiger partial charge is 0.345 e. The molecule has 3 aromatic carbocycles. The van der Waals surface area contributed by atoms with Crippen LogP contribution in [0.15, 0.2) is 94.1 Å². The predicted molar refractivity (Wildman–Crippen MR) is 177 cm³/mol. The van der Waals surface area contributed by atoms with Crippen molar-refractivity contribution in [3.8, 4) is 21.2 Å². The second-order valence-electron chi connectivity index (χ2n) is 11.2. The summed E-state index contributed by atoms with van der Waals surface area (Å²) in [7, 11) is 0. The molecule has 0 spiro atoms. The highest BCUT2D eigenvalue weighted by atomic mass is 32.1. The van der Waals surface area contributed by atoms with Crippen molar-refractivity contribution in [2.45, 2.75) is 71.1 Å². The minimum atomic E-state index is -0.329. The molecule has 0 atom stereocenters. The van der Waals surface area contributed by atoms with Gasteiger partial charge in [-0.25, -0.2) is 4.79 Å². The van der Waals surface area contributed by atoms with Crippen molar-refractivity contribution >= 4 is 44.1 Å². The van der Waals surface area contributed by atoms with Crippen LogP contribution in [0.25, 0.3) is 48.2 Å². The molecule has 0 aliphatic carbocycles. The monoisotopic (exact) mass is 577 g/mol. The Morgan fingerprint density at radius 3 is 2.05 bits per heavy atom. The van der Waals surface area contributed by atoms with E-state index in [1.54, 1.807) is 11.3 Å². The van der Waals surface area contributed by atoms with Gasteiger partial charge in [-0.15, -0.1) is 11.3 Å². The predicted octanol–water partition coefficient (Wildman–Crippen LogP) is 10.9. The van der Waals surface area contributed by atoms with E-state index >= 15 is 0 Å². The van der Waals surface area contributed by atoms with Crippen LogP contribution >= 0.6 is 11.3 Å².